The third-order valence-corrected chi connectivity index (χ3v) is 3.66. The van der Waals surface area contributed by atoms with Crippen molar-refractivity contribution < 1.29 is 9.53 Å². The summed E-state index contributed by atoms with van der Waals surface area (Å²) in [5.41, 5.74) is -0.459. The number of piperidine rings is 1. The Morgan fingerprint density at radius 3 is 2.74 bits per heavy atom. The van der Waals surface area contributed by atoms with E-state index in [1.165, 1.54) is 0 Å². The molecule has 1 unspecified atom stereocenters. The van der Waals surface area contributed by atoms with Crippen LogP contribution < -0.4 is 5.32 Å². The van der Waals surface area contributed by atoms with E-state index in [1.807, 2.05) is 44.7 Å². The second-order valence-electron chi connectivity index (χ2n) is 7.05. The number of nitrogens with zero attached hydrogens (tertiary/aromatic N) is 3. The van der Waals surface area contributed by atoms with E-state index in [4.69, 9.17) is 17.0 Å². The molecule has 0 aromatic rings. The Morgan fingerprint density at radius 1 is 1.43 bits per heavy atom. The summed E-state index contributed by atoms with van der Waals surface area (Å²) in [6.45, 7) is 7.15. The maximum Gasteiger partial charge on any atom is 0.410 e. The molecule has 1 fully saturated rings. The second kappa shape index (κ2) is 9.05. The number of nitrogens with one attached hydrogen (secondary N) is 1. The minimum absolute atomic E-state index is 0.201. The Labute approximate surface area is 145 Å². The van der Waals surface area contributed by atoms with Crippen molar-refractivity contribution in [3.05, 3.63) is 0 Å². The lowest BCUT2D eigenvalue weighted by Crippen LogP contribution is -2.47. The van der Waals surface area contributed by atoms with Gasteiger partial charge < -0.3 is 19.9 Å². The van der Waals surface area contributed by atoms with Gasteiger partial charge in [0.1, 0.15) is 5.60 Å². The Kier molecular flexibility index (Phi) is 7.75. The molecule has 23 heavy (non-hydrogen) atoms. The van der Waals surface area contributed by atoms with Crippen LogP contribution in [0.4, 0.5) is 4.79 Å². The molecule has 1 aliphatic rings. The van der Waals surface area contributed by atoms with E-state index in [0.29, 0.717) is 11.7 Å². The molecule has 1 amide bonds. The predicted molar refractivity (Wildman–Crippen MR) is 98.0 cm³/mol. The number of likely N-dealkylation sites (tertiary alicyclic amines) is 1. The lowest BCUT2D eigenvalue weighted by atomic mass is 10.00. The normalized spacial score (nSPS) is 18.8. The fraction of sp³-hybridized carbons (Fsp3) is 0.812. The van der Waals surface area contributed by atoms with Crippen LogP contribution in [0.15, 0.2) is 4.99 Å². The van der Waals surface area contributed by atoms with Gasteiger partial charge in [0.25, 0.3) is 0 Å². The zero-order chi connectivity index (χ0) is 17.5. The van der Waals surface area contributed by atoms with Crippen molar-refractivity contribution in [2.24, 2.45) is 4.99 Å². The van der Waals surface area contributed by atoms with Gasteiger partial charge in [0.15, 0.2) is 5.11 Å². The number of carbonyl (C=O) groups excluding carboxylic acids is 1. The van der Waals surface area contributed by atoms with Crippen LogP contribution in [0, 0.1) is 0 Å². The lowest BCUT2D eigenvalue weighted by Gasteiger charge is -2.36. The number of carbonyl (C=O) groups is 1. The number of amides is 1. The first-order valence-electron chi connectivity index (χ1n) is 8.17. The van der Waals surface area contributed by atoms with Crippen LogP contribution in [-0.4, -0.2) is 66.2 Å². The van der Waals surface area contributed by atoms with E-state index in [1.54, 1.807) is 6.34 Å². The molecule has 132 valence electrons. The zero-order valence-corrected chi connectivity index (χ0v) is 15.8. The Balaban J connectivity index is 2.46. The number of thiocarbonyl (C=S) groups is 1. The molecular weight excluding hydrogens is 312 g/mol. The average molecular weight is 343 g/mol. The number of hydrogen-bond donors (Lipinski definition) is 1. The highest BCUT2D eigenvalue weighted by Gasteiger charge is 2.30. The fourth-order valence-electron chi connectivity index (χ4n) is 2.42. The van der Waals surface area contributed by atoms with Crippen LogP contribution in [-0.2, 0) is 4.74 Å². The first-order chi connectivity index (χ1) is 10.7. The van der Waals surface area contributed by atoms with Gasteiger partial charge in [0, 0.05) is 33.2 Å². The molecule has 0 bridgehead atoms. The molecule has 0 radical (unpaired) electrons. The Morgan fingerprint density at radius 2 is 2.13 bits per heavy atom. The molecule has 0 aliphatic carbocycles. The molecule has 1 atom stereocenters. The molecular formula is C16H30N4O2S. The second-order valence-corrected chi connectivity index (χ2v) is 7.44. The average Bonchev–Trinajstić information content (AvgIpc) is 2.43. The summed E-state index contributed by atoms with van der Waals surface area (Å²) in [5.74, 6) is 0. The Bertz CT molecular complexity index is 432. The predicted octanol–water partition coefficient (Wildman–Crippen LogP) is 2.63. The summed E-state index contributed by atoms with van der Waals surface area (Å²) < 4.78 is 5.51. The standard InChI is InChI=1S/C16H30N4O2S/c1-16(2,3)22-15(21)20-11-7-6-8-13(20)9-10-17-14(23)18-12-19(4)5/h12-13H,6-11H2,1-5H3,(H,17,23). The van der Waals surface area contributed by atoms with Crippen LogP contribution in [0.1, 0.15) is 46.5 Å². The third-order valence-electron chi connectivity index (χ3n) is 3.41. The molecule has 1 saturated heterocycles. The van der Waals surface area contributed by atoms with Gasteiger partial charge in [-0.15, -0.1) is 0 Å². The summed E-state index contributed by atoms with van der Waals surface area (Å²) in [5, 5.41) is 3.59. The number of hydrogen-bond acceptors (Lipinski definition) is 3. The summed E-state index contributed by atoms with van der Waals surface area (Å²) in [7, 11) is 3.79. The quantitative estimate of drug-likeness (QED) is 0.483. The van der Waals surface area contributed by atoms with Crippen molar-refractivity contribution in [3.63, 3.8) is 0 Å². The first kappa shape index (κ1) is 19.7. The minimum Gasteiger partial charge on any atom is -0.444 e. The molecule has 0 aromatic heterocycles. The van der Waals surface area contributed by atoms with Crippen molar-refractivity contribution in [1.29, 1.82) is 0 Å². The maximum absolute atomic E-state index is 12.3. The van der Waals surface area contributed by atoms with Gasteiger partial charge in [-0.1, -0.05) is 0 Å². The van der Waals surface area contributed by atoms with Crippen molar-refractivity contribution in [3.8, 4) is 0 Å². The molecule has 6 nitrogen and oxygen atoms in total. The van der Waals surface area contributed by atoms with Gasteiger partial charge in [-0.05, 0) is 58.7 Å². The van der Waals surface area contributed by atoms with Crippen molar-refractivity contribution in [2.45, 2.75) is 58.1 Å². The van der Waals surface area contributed by atoms with Crippen LogP contribution in [0.25, 0.3) is 0 Å². The van der Waals surface area contributed by atoms with Crippen LogP contribution in [0.3, 0.4) is 0 Å². The number of aliphatic imine (C=N–C) groups is 1. The van der Waals surface area contributed by atoms with Gasteiger partial charge in [0.2, 0.25) is 0 Å². The Hall–Kier alpha value is -1.37. The van der Waals surface area contributed by atoms with Gasteiger partial charge in [-0.2, -0.15) is 0 Å². The van der Waals surface area contributed by atoms with Crippen molar-refractivity contribution >= 4 is 29.8 Å². The molecule has 1 rings (SSSR count). The van der Waals surface area contributed by atoms with Gasteiger partial charge in [-0.25, -0.2) is 9.79 Å². The van der Waals surface area contributed by atoms with E-state index in [0.717, 1.165) is 32.2 Å². The molecule has 1 heterocycles. The van der Waals surface area contributed by atoms with E-state index in [-0.39, 0.29) is 12.1 Å². The summed E-state index contributed by atoms with van der Waals surface area (Å²) >= 11 is 5.15. The topological polar surface area (TPSA) is 57.2 Å². The molecule has 1 aliphatic heterocycles. The van der Waals surface area contributed by atoms with Gasteiger partial charge in [-0.3, -0.25) is 0 Å². The van der Waals surface area contributed by atoms with Gasteiger partial charge in [0.05, 0.1) is 6.34 Å². The monoisotopic (exact) mass is 342 g/mol. The third kappa shape index (κ3) is 8.16. The van der Waals surface area contributed by atoms with Crippen LogP contribution >= 0.6 is 12.2 Å². The molecule has 1 N–H and O–H groups in total. The summed E-state index contributed by atoms with van der Waals surface area (Å²) in [6, 6.07) is 0.201. The van der Waals surface area contributed by atoms with Crippen molar-refractivity contribution in [2.75, 3.05) is 27.2 Å². The van der Waals surface area contributed by atoms with E-state index in [2.05, 4.69) is 10.3 Å². The lowest BCUT2D eigenvalue weighted by molar-refractivity contribution is 0.00907. The van der Waals surface area contributed by atoms with Crippen LogP contribution in [0.5, 0.6) is 0 Å². The highest BCUT2D eigenvalue weighted by molar-refractivity contribution is 7.80. The van der Waals surface area contributed by atoms with E-state index in [9.17, 15) is 4.79 Å². The fourth-order valence-corrected chi connectivity index (χ4v) is 2.57. The highest BCUT2D eigenvalue weighted by Crippen LogP contribution is 2.22. The number of ether oxygens (including phenoxy) is 1. The van der Waals surface area contributed by atoms with Crippen molar-refractivity contribution in [1.82, 2.24) is 15.1 Å². The number of rotatable bonds is 4. The molecule has 0 aromatic carbocycles. The summed E-state index contributed by atoms with van der Waals surface area (Å²) in [4.78, 5) is 20.1. The first-order valence-corrected chi connectivity index (χ1v) is 8.58. The van der Waals surface area contributed by atoms with E-state index < -0.39 is 5.60 Å². The summed E-state index contributed by atoms with van der Waals surface area (Å²) in [6.07, 6.45) is 5.49. The zero-order valence-electron chi connectivity index (χ0n) is 15.0. The van der Waals surface area contributed by atoms with Gasteiger partial charge >= 0.3 is 6.09 Å². The SMILES string of the molecule is CN(C)C=NC(=S)NCCC1CCCCN1C(=O)OC(C)(C)C. The molecule has 0 spiro atoms. The smallest absolute Gasteiger partial charge is 0.410 e. The largest absolute Gasteiger partial charge is 0.444 e. The molecule has 0 saturated carbocycles. The molecule has 7 heteroatoms. The minimum atomic E-state index is -0.459. The maximum atomic E-state index is 12.3. The van der Waals surface area contributed by atoms with E-state index >= 15 is 0 Å². The highest BCUT2D eigenvalue weighted by atomic mass is 32.1. The van der Waals surface area contributed by atoms with Crippen LogP contribution in [0.2, 0.25) is 0 Å².